The molecule has 2 saturated heterocycles. The third-order valence-corrected chi connectivity index (χ3v) is 5.53. The number of nitrogens with zero attached hydrogens (tertiary/aromatic N) is 3. The van der Waals surface area contributed by atoms with Gasteiger partial charge in [0.25, 0.3) is 0 Å². The van der Waals surface area contributed by atoms with Gasteiger partial charge < -0.3 is 14.8 Å². The molecule has 2 bridgehead atoms. The largest absolute Gasteiger partial charge is 0.355 e. The highest BCUT2D eigenvalue weighted by molar-refractivity contribution is 5.78. The first-order chi connectivity index (χ1) is 10.2. The quantitative estimate of drug-likeness (QED) is 0.941. The van der Waals surface area contributed by atoms with Gasteiger partial charge >= 0.3 is 0 Å². The molecule has 4 rings (SSSR count). The Labute approximate surface area is 126 Å². The topological polar surface area (TPSA) is 33.1 Å². The van der Waals surface area contributed by atoms with Gasteiger partial charge in [-0.2, -0.15) is 0 Å². The third-order valence-electron chi connectivity index (χ3n) is 5.53. The highest BCUT2D eigenvalue weighted by atomic mass is 15.2. The van der Waals surface area contributed by atoms with E-state index in [-0.39, 0.29) is 0 Å². The minimum absolute atomic E-state index is 0.790. The Kier molecular flexibility index (Phi) is 3.14. The van der Waals surface area contributed by atoms with Gasteiger partial charge in [0, 0.05) is 25.7 Å². The second-order valence-electron chi connectivity index (χ2n) is 6.75. The molecule has 2 atom stereocenters. The van der Waals surface area contributed by atoms with E-state index in [2.05, 4.69) is 47.1 Å². The SMILES string of the molecule is CN1C2CCC1CC(CNc1nc3ccccc3n1C)C2. The first-order valence-corrected chi connectivity index (χ1v) is 8.09. The van der Waals surface area contributed by atoms with E-state index in [9.17, 15) is 0 Å². The van der Waals surface area contributed by atoms with Crippen LogP contribution in [0.5, 0.6) is 0 Å². The molecule has 0 saturated carbocycles. The summed E-state index contributed by atoms with van der Waals surface area (Å²) in [6.07, 6.45) is 5.46. The van der Waals surface area contributed by atoms with Crippen LogP contribution in [0.4, 0.5) is 5.95 Å². The normalized spacial score (nSPS) is 29.1. The molecule has 112 valence electrons. The molecule has 2 aliphatic rings. The number of hydrogen-bond donors (Lipinski definition) is 1. The van der Waals surface area contributed by atoms with Gasteiger partial charge in [0.1, 0.15) is 0 Å². The number of imidazole rings is 1. The van der Waals surface area contributed by atoms with Crippen molar-refractivity contribution in [3.8, 4) is 0 Å². The standard InChI is InChI=1S/C17H24N4/c1-20-13-7-8-14(20)10-12(9-13)11-18-17-19-15-5-3-4-6-16(15)21(17)2/h3-6,12-14H,7-11H2,1-2H3,(H,18,19). The molecule has 21 heavy (non-hydrogen) atoms. The molecule has 1 aromatic heterocycles. The fourth-order valence-corrected chi connectivity index (χ4v) is 4.23. The van der Waals surface area contributed by atoms with Crippen LogP contribution in [-0.4, -0.2) is 40.1 Å². The van der Waals surface area contributed by atoms with E-state index in [4.69, 9.17) is 4.98 Å². The molecule has 0 aliphatic carbocycles. The molecular weight excluding hydrogens is 260 g/mol. The molecule has 0 radical (unpaired) electrons. The van der Waals surface area contributed by atoms with E-state index in [0.29, 0.717) is 0 Å². The molecule has 4 heteroatoms. The lowest BCUT2D eigenvalue weighted by molar-refractivity contribution is 0.139. The first-order valence-electron chi connectivity index (χ1n) is 8.09. The lowest BCUT2D eigenvalue weighted by atomic mass is 9.91. The van der Waals surface area contributed by atoms with Crippen molar-refractivity contribution in [1.29, 1.82) is 0 Å². The van der Waals surface area contributed by atoms with Crippen molar-refractivity contribution in [3.05, 3.63) is 24.3 Å². The first kappa shape index (κ1) is 13.1. The van der Waals surface area contributed by atoms with Gasteiger partial charge in [-0.25, -0.2) is 4.98 Å². The van der Waals surface area contributed by atoms with E-state index in [1.165, 1.54) is 31.2 Å². The van der Waals surface area contributed by atoms with Crippen LogP contribution in [0, 0.1) is 5.92 Å². The van der Waals surface area contributed by atoms with Gasteiger partial charge in [0.05, 0.1) is 11.0 Å². The fraction of sp³-hybridized carbons (Fsp3) is 0.588. The number of para-hydroxylation sites is 2. The van der Waals surface area contributed by atoms with Crippen molar-refractivity contribution in [2.45, 2.75) is 37.8 Å². The zero-order valence-corrected chi connectivity index (χ0v) is 12.9. The molecule has 2 aromatic rings. The minimum atomic E-state index is 0.790. The van der Waals surface area contributed by atoms with Crippen molar-refractivity contribution < 1.29 is 0 Å². The molecule has 3 heterocycles. The lowest BCUT2D eigenvalue weighted by Gasteiger charge is -2.36. The van der Waals surface area contributed by atoms with Gasteiger partial charge in [-0.3, -0.25) is 0 Å². The van der Waals surface area contributed by atoms with Crippen LogP contribution in [0.25, 0.3) is 11.0 Å². The monoisotopic (exact) mass is 284 g/mol. The minimum Gasteiger partial charge on any atom is -0.355 e. The van der Waals surface area contributed by atoms with Crippen LogP contribution in [0.3, 0.4) is 0 Å². The summed E-state index contributed by atoms with van der Waals surface area (Å²) in [4.78, 5) is 7.31. The number of benzene rings is 1. The Morgan fingerprint density at radius 2 is 1.86 bits per heavy atom. The second-order valence-corrected chi connectivity index (χ2v) is 6.75. The predicted molar refractivity (Wildman–Crippen MR) is 86.5 cm³/mol. The Balaban J connectivity index is 1.45. The summed E-state index contributed by atoms with van der Waals surface area (Å²) in [7, 11) is 4.40. The number of fused-ring (bicyclic) bond motifs is 3. The lowest BCUT2D eigenvalue weighted by Crippen LogP contribution is -2.41. The number of nitrogens with one attached hydrogen (secondary N) is 1. The number of piperidine rings is 1. The number of aromatic nitrogens is 2. The van der Waals surface area contributed by atoms with Crippen molar-refractivity contribution in [3.63, 3.8) is 0 Å². The van der Waals surface area contributed by atoms with Crippen LogP contribution in [-0.2, 0) is 7.05 Å². The van der Waals surface area contributed by atoms with Gasteiger partial charge in [0.2, 0.25) is 5.95 Å². The van der Waals surface area contributed by atoms with E-state index >= 15 is 0 Å². The number of hydrogen-bond acceptors (Lipinski definition) is 3. The summed E-state index contributed by atoms with van der Waals surface area (Å²) in [5, 5.41) is 3.59. The number of rotatable bonds is 3. The van der Waals surface area contributed by atoms with Crippen molar-refractivity contribution >= 4 is 17.0 Å². The highest BCUT2D eigenvalue weighted by Crippen LogP contribution is 2.37. The summed E-state index contributed by atoms with van der Waals surface area (Å²) < 4.78 is 2.17. The second kappa shape index (κ2) is 5.02. The molecule has 2 unspecified atom stereocenters. The molecule has 1 N–H and O–H groups in total. The van der Waals surface area contributed by atoms with Crippen LogP contribution in [0.15, 0.2) is 24.3 Å². The molecule has 4 nitrogen and oxygen atoms in total. The van der Waals surface area contributed by atoms with Gasteiger partial charge in [-0.15, -0.1) is 0 Å². The summed E-state index contributed by atoms with van der Waals surface area (Å²) in [5.41, 5.74) is 2.27. The van der Waals surface area contributed by atoms with E-state index in [1.54, 1.807) is 0 Å². The maximum atomic E-state index is 4.71. The van der Waals surface area contributed by atoms with Gasteiger partial charge in [-0.05, 0) is 50.8 Å². The van der Waals surface area contributed by atoms with Crippen LogP contribution >= 0.6 is 0 Å². The Morgan fingerprint density at radius 1 is 1.14 bits per heavy atom. The fourth-order valence-electron chi connectivity index (χ4n) is 4.23. The van der Waals surface area contributed by atoms with E-state index < -0.39 is 0 Å². The van der Waals surface area contributed by atoms with E-state index in [1.807, 2.05) is 6.07 Å². The number of anilines is 1. The molecule has 0 amide bonds. The Hall–Kier alpha value is -1.55. The van der Waals surface area contributed by atoms with Gasteiger partial charge in [0.15, 0.2) is 0 Å². The maximum Gasteiger partial charge on any atom is 0.203 e. The summed E-state index contributed by atoms with van der Waals surface area (Å²) in [6, 6.07) is 9.96. The van der Waals surface area contributed by atoms with Crippen LogP contribution in [0.2, 0.25) is 0 Å². The van der Waals surface area contributed by atoms with Crippen LogP contribution < -0.4 is 5.32 Å². The molecule has 0 spiro atoms. The Bertz CT molecular complexity index is 633. The number of aryl methyl sites for hydroxylation is 1. The highest BCUT2D eigenvalue weighted by Gasteiger charge is 2.38. The maximum absolute atomic E-state index is 4.71. The Morgan fingerprint density at radius 3 is 2.57 bits per heavy atom. The van der Waals surface area contributed by atoms with Crippen molar-refractivity contribution in [2.75, 3.05) is 18.9 Å². The summed E-state index contributed by atoms with van der Waals surface area (Å²) >= 11 is 0. The van der Waals surface area contributed by atoms with Crippen LogP contribution in [0.1, 0.15) is 25.7 Å². The molecule has 1 aromatic carbocycles. The zero-order valence-electron chi connectivity index (χ0n) is 12.9. The van der Waals surface area contributed by atoms with Crippen molar-refractivity contribution in [1.82, 2.24) is 14.5 Å². The average molecular weight is 284 g/mol. The predicted octanol–water partition coefficient (Wildman–Crippen LogP) is 2.86. The molecular formula is C17H24N4. The zero-order chi connectivity index (χ0) is 14.4. The molecule has 2 aliphatic heterocycles. The summed E-state index contributed by atoms with van der Waals surface area (Å²) in [6.45, 7) is 1.05. The van der Waals surface area contributed by atoms with Crippen molar-refractivity contribution in [2.24, 2.45) is 13.0 Å². The smallest absolute Gasteiger partial charge is 0.203 e. The van der Waals surface area contributed by atoms with E-state index in [0.717, 1.165) is 36.0 Å². The average Bonchev–Trinajstić information content (AvgIpc) is 2.90. The summed E-state index contributed by atoms with van der Waals surface area (Å²) in [5.74, 6) is 1.79. The van der Waals surface area contributed by atoms with Gasteiger partial charge in [-0.1, -0.05) is 12.1 Å². The molecule has 2 fully saturated rings. The third kappa shape index (κ3) is 2.22.